The van der Waals surface area contributed by atoms with Crippen molar-refractivity contribution in [3.8, 4) is 5.75 Å². The van der Waals surface area contributed by atoms with Gasteiger partial charge in [0.05, 0.1) is 6.61 Å². The first-order valence-electron chi connectivity index (χ1n) is 6.64. The molecule has 0 aliphatic carbocycles. The van der Waals surface area contributed by atoms with Crippen molar-refractivity contribution in [1.29, 1.82) is 0 Å². The Morgan fingerprint density at radius 2 is 2.00 bits per heavy atom. The molecule has 1 unspecified atom stereocenters. The molecule has 0 saturated carbocycles. The monoisotopic (exact) mass is 262 g/mol. The van der Waals surface area contributed by atoms with Gasteiger partial charge in [-0.05, 0) is 24.5 Å². The maximum Gasteiger partial charge on any atom is 0.147 e. The molecule has 1 aromatic carbocycles. The quantitative estimate of drug-likeness (QED) is 0.830. The molecule has 19 heavy (non-hydrogen) atoms. The molecule has 2 aromatic rings. The number of aromatic nitrogens is 2. The van der Waals surface area contributed by atoms with Gasteiger partial charge < -0.3 is 9.47 Å². The molecule has 4 nitrogen and oxygen atoms in total. The van der Waals surface area contributed by atoms with Crippen LogP contribution in [0.1, 0.15) is 32.3 Å². The van der Waals surface area contributed by atoms with E-state index in [1.807, 2.05) is 24.7 Å². The van der Waals surface area contributed by atoms with Crippen molar-refractivity contribution >= 4 is 10.9 Å². The molecule has 0 radical (unpaired) electrons. The van der Waals surface area contributed by atoms with Crippen LogP contribution in [-0.2, 0) is 11.8 Å². The standard InChI is InChI=1S/C15H22N2O2/c1-10(2)12-6-7-14(19-11(3)9-18-5)15-13(12)8-17(4)16-15/h6-8,10-11H,9H2,1-5H3. The Morgan fingerprint density at radius 3 is 2.63 bits per heavy atom. The molecule has 2 rings (SSSR count). The van der Waals surface area contributed by atoms with Crippen LogP contribution in [0.4, 0.5) is 0 Å². The highest BCUT2D eigenvalue weighted by molar-refractivity contribution is 5.87. The molecule has 0 spiro atoms. The summed E-state index contributed by atoms with van der Waals surface area (Å²) in [6, 6.07) is 4.14. The second-order valence-electron chi connectivity index (χ2n) is 5.26. The van der Waals surface area contributed by atoms with E-state index in [4.69, 9.17) is 9.47 Å². The second-order valence-corrected chi connectivity index (χ2v) is 5.26. The molecule has 0 saturated heterocycles. The zero-order chi connectivity index (χ0) is 14.0. The van der Waals surface area contributed by atoms with Gasteiger partial charge in [0.2, 0.25) is 0 Å². The molecule has 104 valence electrons. The maximum absolute atomic E-state index is 5.92. The van der Waals surface area contributed by atoms with Crippen LogP contribution in [0, 0.1) is 0 Å². The summed E-state index contributed by atoms with van der Waals surface area (Å²) in [5, 5.41) is 5.69. The van der Waals surface area contributed by atoms with Gasteiger partial charge in [0.25, 0.3) is 0 Å². The summed E-state index contributed by atoms with van der Waals surface area (Å²) < 4.78 is 12.9. The zero-order valence-corrected chi connectivity index (χ0v) is 12.3. The summed E-state index contributed by atoms with van der Waals surface area (Å²) in [4.78, 5) is 0. The first-order valence-corrected chi connectivity index (χ1v) is 6.64. The van der Waals surface area contributed by atoms with Gasteiger partial charge in [-0.15, -0.1) is 0 Å². The maximum atomic E-state index is 5.92. The number of hydrogen-bond donors (Lipinski definition) is 0. The van der Waals surface area contributed by atoms with Gasteiger partial charge in [-0.2, -0.15) is 5.10 Å². The lowest BCUT2D eigenvalue weighted by Gasteiger charge is -2.15. The minimum Gasteiger partial charge on any atom is -0.486 e. The number of benzene rings is 1. The molecule has 1 aromatic heterocycles. The number of aryl methyl sites for hydroxylation is 1. The summed E-state index contributed by atoms with van der Waals surface area (Å²) in [5.41, 5.74) is 2.23. The van der Waals surface area contributed by atoms with Gasteiger partial charge in [-0.25, -0.2) is 0 Å². The van der Waals surface area contributed by atoms with Gasteiger partial charge in [0.1, 0.15) is 17.4 Å². The molecule has 1 heterocycles. The van der Waals surface area contributed by atoms with E-state index in [1.165, 1.54) is 10.9 Å². The van der Waals surface area contributed by atoms with Crippen molar-refractivity contribution in [2.75, 3.05) is 13.7 Å². The Morgan fingerprint density at radius 1 is 1.26 bits per heavy atom. The normalized spacial score (nSPS) is 13.2. The van der Waals surface area contributed by atoms with E-state index < -0.39 is 0 Å². The van der Waals surface area contributed by atoms with E-state index in [0.29, 0.717) is 12.5 Å². The summed E-state index contributed by atoms with van der Waals surface area (Å²) in [5.74, 6) is 1.29. The number of nitrogens with zero attached hydrogens (tertiary/aromatic N) is 2. The third kappa shape index (κ3) is 2.89. The number of ether oxygens (including phenoxy) is 2. The van der Waals surface area contributed by atoms with E-state index in [-0.39, 0.29) is 6.10 Å². The Kier molecular flexibility index (Phi) is 4.10. The molecule has 4 heteroatoms. The fourth-order valence-electron chi connectivity index (χ4n) is 2.30. The van der Waals surface area contributed by atoms with Crippen LogP contribution in [0.25, 0.3) is 10.9 Å². The Balaban J connectivity index is 2.43. The highest BCUT2D eigenvalue weighted by Crippen LogP contribution is 2.31. The third-order valence-electron chi connectivity index (χ3n) is 3.14. The minimum atomic E-state index is 0.0140. The largest absolute Gasteiger partial charge is 0.486 e. The summed E-state index contributed by atoms with van der Waals surface area (Å²) >= 11 is 0. The number of hydrogen-bond acceptors (Lipinski definition) is 3. The lowest BCUT2D eigenvalue weighted by molar-refractivity contribution is 0.0929. The summed E-state index contributed by atoms with van der Waals surface area (Å²) in [6.45, 7) is 6.95. The van der Waals surface area contributed by atoms with E-state index in [0.717, 1.165) is 11.3 Å². The molecule has 1 atom stereocenters. The Hall–Kier alpha value is -1.55. The minimum absolute atomic E-state index is 0.0140. The van der Waals surface area contributed by atoms with Crippen LogP contribution in [0.5, 0.6) is 5.75 Å². The molecule has 0 fully saturated rings. The van der Waals surface area contributed by atoms with Crippen molar-refractivity contribution in [3.63, 3.8) is 0 Å². The molecular formula is C15H22N2O2. The average molecular weight is 262 g/mol. The fraction of sp³-hybridized carbons (Fsp3) is 0.533. The molecule has 0 amide bonds. The Labute approximate surface area is 114 Å². The van der Waals surface area contributed by atoms with Crippen molar-refractivity contribution in [2.45, 2.75) is 32.8 Å². The smallest absolute Gasteiger partial charge is 0.147 e. The van der Waals surface area contributed by atoms with E-state index in [9.17, 15) is 0 Å². The zero-order valence-electron chi connectivity index (χ0n) is 12.3. The highest BCUT2D eigenvalue weighted by atomic mass is 16.5. The van der Waals surface area contributed by atoms with Gasteiger partial charge in [-0.3, -0.25) is 4.68 Å². The SMILES string of the molecule is COCC(C)Oc1ccc(C(C)C)c2cn(C)nc12. The second kappa shape index (κ2) is 5.61. The average Bonchev–Trinajstić information content (AvgIpc) is 2.71. The topological polar surface area (TPSA) is 36.3 Å². The van der Waals surface area contributed by atoms with Crippen LogP contribution in [-0.4, -0.2) is 29.6 Å². The number of methoxy groups -OCH3 is 1. The summed E-state index contributed by atoms with van der Waals surface area (Å²) in [7, 11) is 3.62. The van der Waals surface area contributed by atoms with Crippen molar-refractivity contribution in [1.82, 2.24) is 9.78 Å². The third-order valence-corrected chi connectivity index (χ3v) is 3.14. The molecule has 0 bridgehead atoms. The van der Waals surface area contributed by atoms with Crippen molar-refractivity contribution < 1.29 is 9.47 Å². The first kappa shape index (κ1) is 13.9. The number of fused-ring (bicyclic) bond motifs is 1. The lowest BCUT2D eigenvalue weighted by atomic mass is 9.99. The molecule has 0 N–H and O–H groups in total. The Bertz CT molecular complexity index is 561. The van der Waals surface area contributed by atoms with Crippen molar-refractivity contribution in [2.24, 2.45) is 7.05 Å². The highest BCUT2D eigenvalue weighted by Gasteiger charge is 2.14. The molecule has 0 aliphatic heterocycles. The predicted molar refractivity (Wildman–Crippen MR) is 76.8 cm³/mol. The van der Waals surface area contributed by atoms with Crippen molar-refractivity contribution in [3.05, 3.63) is 23.9 Å². The van der Waals surface area contributed by atoms with Gasteiger partial charge >= 0.3 is 0 Å². The van der Waals surface area contributed by atoms with E-state index in [2.05, 4.69) is 31.2 Å². The summed E-state index contributed by atoms with van der Waals surface area (Å²) in [6.07, 6.45) is 2.07. The molecule has 0 aliphatic rings. The van der Waals surface area contributed by atoms with Crippen LogP contribution in [0.15, 0.2) is 18.3 Å². The van der Waals surface area contributed by atoms with E-state index >= 15 is 0 Å². The predicted octanol–water partition coefficient (Wildman–Crippen LogP) is 3.11. The number of rotatable bonds is 5. The fourth-order valence-corrected chi connectivity index (χ4v) is 2.30. The van der Waals surface area contributed by atoms with E-state index in [1.54, 1.807) is 7.11 Å². The van der Waals surface area contributed by atoms with Gasteiger partial charge in [0, 0.05) is 25.7 Å². The first-order chi connectivity index (χ1) is 9.02. The van der Waals surface area contributed by atoms with Crippen LogP contribution in [0.3, 0.4) is 0 Å². The molecular weight excluding hydrogens is 240 g/mol. The lowest BCUT2D eigenvalue weighted by Crippen LogP contribution is -2.18. The van der Waals surface area contributed by atoms with Gasteiger partial charge in [0.15, 0.2) is 0 Å². The van der Waals surface area contributed by atoms with Crippen LogP contribution < -0.4 is 4.74 Å². The van der Waals surface area contributed by atoms with Gasteiger partial charge in [-0.1, -0.05) is 19.9 Å². The van der Waals surface area contributed by atoms with Crippen LogP contribution >= 0.6 is 0 Å². The van der Waals surface area contributed by atoms with Crippen LogP contribution in [0.2, 0.25) is 0 Å².